The van der Waals surface area contributed by atoms with Crippen molar-refractivity contribution in [2.75, 3.05) is 46.7 Å². The Morgan fingerprint density at radius 1 is 1.07 bits per heavy atom. The molecule has 1 unspecified atom stereocenters. The van der Waals surface area contributed by atoms with Crippen molar-refractivity contribution in [1.29, 1.82) is 0 Å². The van der Waals surface area contributed by atoms with Gasteiger partial charge < -0.3 is 18.5 Å². The standard InChI is InChI=1S/C24H28N3O3/c1-15(27(4,5)6)14-29-17-8-9-18-19(12-17)24-23(13-21(18)28)30-22-11-16(26(2)3)7-10-20(22)25-24/h7-13,15H,14H2,1-6H3/q+1. The summed E-state index contributed by atoms with van der Waals surface area (Å²) in [6.45, 7) is 2.73. The lowest BCUT2D eigenvalue weighted by atomic mass is 10.0. The molecule has 0 saturated carbocycles. The molecule has 0 saturated heterocycles. The molecule has 30 heavy (non-hydrogen) atoms. The van der Waals surface area contributed by atoms with Crippen molar-refractivity contribution >= 4 is 27.6 Å². The molecule has 2 aromatic carbocycles. The maximum Gasteiger partial charge on any atom is 0.190 e. The van der Waals surface area contributed by atoms with Crippen LogP contribution >= 0.6 is 0 Å². The van der Waals surface area contributed by atoms with Crippen molar-refractivity contribution < 1.29 is 13.6 Å². The number of aromatic nitrogens is 1. The molecule has 0 spiro atoms. The quantitative estimate of drug-likeness (QED) is 0.285. The molecule has 156 valence electrons. The van der Waals surface area contributed by atoms with E-state index >= 15 is 0 Å². The molecular formula is C24H28N3O3+. The van der Waals surface area contributed by atoms with Gasteiger partial charge in [0.15, 0.2) is 16.8 Å². The van der Waals surface area contributed by atoms with E-state index in [1.54, 1.807) is 0 Å². The molecule has 2 aliphatic rings. The first-order valence-electron chi connectivity index (χ1n) is 10.1. The van der Waals surface area contributed by atoms with E-state index in [2.05, 4.69) is 28.1 Å². The maximum atomic E-state index is 12.7. The van der Waals surface area contributed by atoms with E-state index in [-0.39, 0.29) is 5.43 Å². The lowest BCUT2D eigenvalue weighted by Crippen LogP contribution is -2.46. The number of likely N-dealkylation sites (N-methyl/N-ethyl adjacent to an activating group) is 1. The number of benzene rings is 3. The molecular weight excluding hydrogens is 378 g/mol. The molecule has 0 N–H and O–H groups in total. The Labute approximate surface area is 176 Å². The number of anilines is 1. The van der Waals surface area contributed by atoms with Crippen LogP contribution in [0.4, 0.5) is 5.69 Å². The minimum Gasteiger partial charge on any atom is -0.487 e. The van der Waals surface area contributed by atoms with Gasteiger partial charge in [0, 0.05) is 42.7 Å². The predicted octanol–water partition coefficient (Wildman–Crippen LogP) is 3.99. The molecule has 0 bridgehead atoms. The van der Waals surface area contributed by atoms with Crippen molar-refractivity contribution in [3.63, 3.8) is 0 Å². The van der Waals surface area contributed by atoms with Crippen molar-refractivity contribution in [3.8, 4) is 17.2 Å². The van der Waals surface area contributed by atoms with E-state index in [1.165, 1.54) is 6.07 Å². The highest BCUT2D eigenvalue weighted by molar-refractivity contribution is 5.97. The minimum atomic E-state index is -0.0857. The summed E-state index contributed by atoms with van der Waals surface area (Å²) in [6, 6.07) is 13.3. The lowest BCUT2D eigenvalue weighted by Gasteiger charge is -2.31. The highest BCUT2D eigenvalue weighted by atomic mass is 16.5. The minimum absolute atomic E-state index is 0.0857. The lowest BCUT2D eigenvalue weighted by molar-refractivity contribution is -0.894. The zero-order valence-corrected chi connectivity index (χ0v) is 18.4. The van der Waals surface area contributed by atoms with Gasteiger partial charge in [0.1, 0.15) is 29.6 Å². The SMILES string of the molecule is CC(COc1ccc2c(=O)cc3oc4cc(N(C)C)ccc4nc-3c2c1)[N+](C)(C)C. The summed E-state index contributed by atoms with van der Waals surface area (Å²) < 4.78 is 12.9. The van der Waals surface area contributed by atoms with Crippen LogP contribution in [0.25, 0.3) is 33.3 Å². The number of quaternary nitrogens is 1. The van der Waals surface area contributed by atoms with Crippen LogP contribution in [-0.2, 0) is 0 Å². The molecule has 1 aliphatic carbocycles. The van der Waals surface area contributed by atoms with Crippen LogP contribution in [0.1, 0.15) is 6.92 Å². The van der Waals surface area contributed by atoms with E-state index in [0.29, 0.717) is 35.1 Å². The van der Waals surface area contributed by atoms with Crippen LogP contribution in [0.3, 0.4) is 0 Å². The second-order valence-corrected chi connectivity index (χ2v) is 8.97. The van der Waals surface area contributed by atoms with E-state index in [0.717, 1.165) is 26.8 Å². The molecule has 0 fully saturated rings. The maximum absolute atomic E-state index is 12.7. The van der Waals surface area contributed by atoms with Crippen molar-refractivity contribution in [2.24, 2.45) is 0 Å². The summed E-state index contributed by atoms with van der Waals surface area (Å²) in [5, 5.41) is 1.36. The summed E-state index contributed by atoms with van der Waals surface area (Å²) in [7, 11) is 10.4. The number of hydrogen-bond donors (Lipinski definition) is 0. The summed E-state index contributed by atoms with van der Waals surface area (Å²) in [5.41, 5.74) is 2.99. The van der Waals surface area contributed by atoms with Crippen LogP contribution in [-0.4, -0.2) is 57.4 Å². The van der Waals surface area contributed by atoms with E-state index < -0.39 is 0 Å². The van der Waals surface area contributed by atoms with Gasteiger partial charge in [-0.2, -0.15) is 0 Å². The van der Waals surface area contributed by atoms with Gasteiger partial charge in [-0.3, -0.25) is 4.79 Å². The topological polar surface area (TPSA) is 55.6 Å². The average molecular weight is 407 g/mol. The average Bonchev–Trinajstić information content (AvgIpc) is 2.69. The molecule has 0 radical (unpaired) electrons. The van der Waals surface area contributed by atoms with E-state index in [4.69, 9.17) is 14.1 Å². The molecule has 4 rings (SSSR count). The summed E-state index contributed by atoms with van der Waals surface area (Å²) in [5.74, 6) is 1.20. The fourth-order valence-corrected chi connectivity index (χ4v) is 3.25. The summed E-state index contributed by atoms with van der Waals surface area (Å²) in [6.07, 6.45) is 0. The summed E-state index contributed by atoms with van der Waals surface area (Å²) in [4.78, 5) is 19.5. The monoisotopic (exact) mass is 406 g/mol. The highest BCUT2D eigenvalue weighted by Crippen LogP contribution is 2.33. The number of fused-ring (bicyclic) bond motifs is 4. The zero-order chi connectivity index (χ0) is 21.6. The third kappa shape index (κ3) is 3.71. The molecule has 6 nitrogen and oxygen atoms in total. The number of nitrogens with zero attached hydrogens (tertiary/aromatic N) is 3. The first kappa shape index (κ1) is 20.2. The van der Waals surface area contributed by atoms with Crippen molar-refractivity contribution in [1.82, 2.24) is 4.98 Å². The molecule has 1 aliphatic heterocycles. The first-order valence-corrected chi connectivity index (χ1v) is 10.1. The third-order valence-corrected chi connectivity index (χ3v) is 5.73. The Bertz CT molecular complexity index is 1250. The van der Waals surface area contributed by atoms with Crippen LogP contribution in [0.2, 0.25) is 0 Å². The Morgan fingerprint density at radius 2 is 1.83 bits per heavy atom. The smallest absolute Gasteiger partial charge is 0.190 e. The van der Waals surface area contributed by atoms with Crippen LogP contribution in [0.15, 0.2) is 51.7 Å². The number of ether oxygens (including phenoxy) is 1. The molecule has 2 aromatic rings. The van der Waals surface area contributed by atoms with Gasteiger partial charge in [-0.15, -0.1) is 0 Å². The first-order chi connectivity index (χ1) is 14.1. The molecule has 6 heteroatoms. The Hall–Kier alpha value is -3.12. The highest BCUT2D eigenvalue weighted by Gasteiger charge is 2.20. The van der Waals surface area contributed by atoms with Gasteiger partial charge in [0.05, 0.1) is 21.1 Å². The van der Waals surface area contributed by atoms with E-state index in [9.17, 15) is 4.79 Å². The fourth-order valence-electron chi connectivity index (χ4n) is 3.25. The summed E-state index contributed by atoms with van der Waals surface area (Å²) >= 11 is 0. The zero-order valence-electron chi connectivity index (χ0n) is 18.4. The largest absolute Gasteiger partial charge is 0.487 e. The molecule has 0 amide bonds. The van der Waals surface area contributed by atoms with Crippen molar-refractivity contribution in [2.45, 2.75) is 13.0 Å². The van der Waals surface area contributed by atoms with Gasteiger partial charge in [-0.1, -0.05) is 0 Å². The van der Waals surface area contributed by atoms with Gasteiger partial charge in [0.25, 0.3) is 0 Å². The molecule has 1 atom stereocenters. The van der Waals surface area contributed by atoms with Gasteiger partial charge in [0.2, 0.25) is 0 Å². The second-order valence-electron chi connectivity index (χ2n) is 8.97. The van der Waals surface area contributed by atoms with Gasteiger partial charge in [-0.25, -0.2) is 4.98 Å². The number of hydrogen-bond acceptors (Lipinski definition) is 5. The van der Waals surface area contributed by atoms with E-state index in [1.807, 2.05) is 55.4 Å². The Morgan fingerprint density at radius 3 is 2.53 bits per heavy atom. The number of rotatable bonds is 5. The molecule has 1 heterocycles. The van der Waals surface area contributed by atoms with Crippen LogP contribution in [0, 0.1) is 0 Å². The van der Waals surface area contributed by atoms with Crippen molar-refractivity contribution in [3.05, 3.63) is 52.7 Å². The second kappa shape index (κ2) is 7.29. The fraction of sp³-hybridized carbons (Fsp3) is 0.333. The van der Waals surface area contributed by atoms with Gasteiger partial charge >= 0.3 is 0 Å². The Balaban J connectivity index is 1.82. The van der Waals surface area contributed by atoms with Crippen LogP contribution < -0.4 is 15.1 Å². The Kier molecular flexibility index (Phi) is 4.90. The normalized spacial score (nSPS) is 13.1. The van der Waals surface area contributed by atoms with Crippen LogP contribution in [0.5, 0.6) is 5.75 Å². The molecule has 0 aromatic heterocycles. The third-order valence-electron chi connectivity index (χ3n) is 5.73. The van der Waals surface area contributed by atoms with Gasteiger partial charge in [-0.05, 0) is 37.3 Å². The predicted molar refractivity (Wildman–Crippen MR) is 122 cm³/mol.